The van der Waals surface area contributed by atoms with Crippen LogP contribution in [0, 0.1) is 12.8 Å². The summed E-state index contributed by atoms with van der Waals surface area (Å²) in [5.41, 5.74) is 7.24. The van der Waals surface area contributed by atoms with Crippen molar-refractivity contribution in [3.05, 3.63) is 59.2 Å². The summed E-state index contributed by atoms with van der Waals surface area (Å²) in [6.45, 7) is 6.52. The van der Waals surface area contributed by atoms with Crippen molar-refractivity contribution in [3.63, 3.8) is 0 Å². The quantitative estimate of drug-likeness (QED) is 0.603. The first-order valence-electron chi connectivity index (χ1n) is 11.4. The molecule has 1 fully saturated rings. The fourth-order valence-corrected chi connectivity index (χ4v) is 5.14. The van der Waals surface area contributed by atoms with Gasteiger partial charge in [0.25, 0.3) is 0 Å². The van der Waals surface area contributed by atoms with Gasteiger partial charge in [-0.15, -0.1) is 5.10 Å². The molecule has 0 radical (unpaired) electrons. The number of allylic oxidation sites excluding steroid dienone is 1. The molecule has 5 rings (SSSR count). The van der Waals surface area contributed by atoms with Gasteiger partial charge in [-0.25, -0.2) is 4.68 Å². The van der Waals surface area contributed by atoms with Crippen LogP contribution < -0.4 is 5.32 Å². The third kappa shape index (κ3) is 3.78. The zero-order valence-corrected chi connectivity index (χ0v) is 18.6. The van der Waals surface area contributed by atoms with Crippen molar-refractivity contribution in [2.45, 2.75) is 64.8 Å². The highest BCUT2D eigenvalue weighted by atomic mass is 16.1. The van der Waals surface area contributed by atoms with Crippen molar-refractivity contribution in [2.75, 3.05) is 0 Å². The number of carbonyl (C=O) groups excluding carboxylic acids is 1. The Hall–Kier alpha value is -2.95. The smallest absolute Gasteiger partial charge is 0.160 e. The highest BCUT2D eigenvalue weighted by Crippen LogP contribution is 2.34. The van der Waals surface area contributed by atoms with E-state index in [0.29, 0.717) is 0 Å². The average Bonchev–Trinajstić information content (AvgIpc) is 3.17. The first-order chi connectivity index (χ1) is 14.9. The molecule has 1 aromatic heterocycles. The molecule has 2 heterocycles. The van der Waals surface area contributed by atoms with Crippen molar-refractivity contribution in [1.29, 1.82) is 0 Å². The van der Waals surface area contributed by atoms with Crippen LogP contribution in [-0.4, -0.2) is 26.3 Å². The van der Waals surface area contributed by atoms with Crippen LogP contribution in [0.4, 0.5) is 0 Å². The molecule has 0 atom stereocenters. The Labute approximate surface area is 183 Å². The van der Waals surface area contributed by atoms with Crippen LogP contribution in [-0.2, 0) is 11.2 Å². The van der Waals surface area contributed by atoms with Crippen LogP contribution in [0.3, 0.4) is 0 Å². The third-order valence-electron chi connectivity index (χ3n) is 6.69. The number of hydrogen-bond acceptors (Lipinski definition) is 4. The van der Waals surface area contributed by atoms with E-state index in [1.54, 1.807) is 0 Å². The SMILES string of the molecule is Cc1cc2c(cc1-n1nnc3ccccc31)/C(=C/C(=O)C1CCCCC1)NC(C)(C)C2. The molecule has 0 amide bonds. The maximum Gasteiger partial charge on any atom is 0.160 e. The summed E-state index contributed by atoms with van der Waals surface area (Å²) in [6, 6.07) is 12.4. The van der Waals surface area contributed by atoms with Gasteiger partial charge in [0.05, 0.1) is 11.2 Å². The number of ketones is 1. The summed E-state index contributed by atoms with van der Waals surface area (Å²) in [5, 5.41) is 12.4. The molecule has 0 bridgehead atoms. The fourth-order valence-electron chi connectivity index (χ4n) is 5.14. The predicted octanol–water partition coefficient (Wildman–Crippen LogP) is 5.14. The Morgan fingerprint density at radius 1 is 1.16 bits per heavy atom. The monoisotopic (exact) mass is 414 g/mol. The molecule has 5 nitrogen and oxygen atoms in total. The number of benzene rings is 2. The van der Waals surface area contributed by atoms with Crippen LogP contribution in [0.25, 0.3) is 22.4 Å². The topological polar surface area (TPSA) is 59.8 Å². The van der Waals surface area contributed by atoms with E-state index >= 15 is 0 Å². The standard InChI is InChI=1S/C26H30N4O/c1-17-13-19-16-26(2,3)27-22(15-25(31)18-9-5-4-6-10-18)20(19)14-24(17)30-23-12-8-7-11-21(23)28-29-30/h7-8,11-15,18,27H,4-6,9-10,16H2,1-3H3/b22-15-. The number of rotatable bonds is 3. The Morgan fingerprint density at radius 3 is 2.74 bits per heavy atom. The first-order valence-corrected chi connectivity index (χ1v) is 11.4. The summed E-state index contributed by atoms with van der Waals surface area (Å²) in [7, 11) is 0. The van der Waals surface area contributed by atoms with Gasteiger partial charge >= 0.3 is 0 Å². The number of carbonyl (C=O) groups is 1. The molecular formula is C26H30N4O. The van der Waals surface area contributed by atoms with E-state index in [1.165, 1.54) is 12.0 Å². The Morgan fingerprint density at radius 2 is 1.94 bits per heavy atom. The molecule has 5 heteroatoms. The highest BCUT2D eigenvalue weighted by Gasteiger charge is 2.30. The molecule has 1 saturated carbocycles. The van der Waals surface area contributed by atoms with Crippen LogP contribution in [0.5, 0.6) is 0 Å². The molecule has 0 saturated heterocycles. The van der Waals surface area contributed by atoms with Gasteiger partial charge in [-0.2, -0.15) is 0 Å². The first kappa shape index (κ1) is 20.0. The molecule has 1 N–H and O–H groups in total. The van der Waals surface area contributed by atoms with Gasteiger partial charge in [0.2, 0.25) is 0 Å². The maximum absolute atomic E-state index is 13.1. The summed E-state index contributed by atoms with van der Waals surface area (Å²) in [6.07, 6.45) is 8.40. The summed E-state index contributed by atoms with van der Waals surface area (Å²) in [4.78, 5) is 13.1. The van der Waals surface area contributed by atoms with Crippen LogP contribution in [0.1, 0.15) is 62.6 Å². The van der Waals surface area contributed by atoms with E-state index in [4.69, 9.17) is 0 Å². The van der Waals surface area contributed by atoms with Gasteiger partial charge in [-0.3, -0.25) is 4.79 Å². The second kappa shape index (κ2) is 7.63. The minimum Gasteiger partial charge on any atom is -0.379 e. The largest absolute Gasteiger partial charge is 0.379 e. The fraction of sp³-hybridized carbons (Fsp3) is 0.423. The van der Waals surface area contributed by atoms with E-state index < -0.39 is 0 Å². The number of para-hydroxylation sites is 1. The van der Waals surface area contributed by atoms with Crippen molar-refractivity contribution in [3.8, 4) is 5.69 Å². The van der Waals surface area contributed by atoms with E-state index in [-0.39, 0.29) is 17.2 Å². The van der Waals surface area contributed by atoms with Crippen molar-refractivity contribution in [1.82, 2.24) is 20.3 Å². The zero-order chi connectivity index (χ0) is 21.6. The minimum absolute atomic E-state index is 0.0976. The van der Waals surface area contributed by atoms with E-state index in [2.05, 4.69) is 48.5 Å². The highest BCUT2D eigenvalue weighted by molar-refractivity contribution is 5.99. The van der Waals surface area contributed by atoms with E-state index in [0.717, 1.165) is 65.6 Å². The van der Waals surface area contributed by atoms with Crippen molar-refractivity contribution < 1.29 is 4.79 Å². The normalized spacial score (nSPS) is 19.9. The van der Waals surface area contributed by atoms with Gasteiger partial charge in [-0.05, 0) is 69.4 Å². The summed E-state index contributed by atoms with van der Waals surface area (Å²) in [5.74, 6) is 0.430. The van der Waals surface area contributed by atoms with E-state index in [9.17, 15) is 4.79 Å². The number of fused-ring (bicyclic) bond motifs is 2. The summed E-state index contributed by atoms with van der Waals surface area (Å²) >= 11 is 0. The second-order valence-corrected chi connectivity index (χ2v) is 9.77. The summed E-state index contributed by atoms with van der Waals surface area (Å²) < 4.78 is 1.91. The number of nitrogens with zero attached hydrogens (tertiary/aromatic N) is 3. The lowest BCUT2D eigenvalue weighted by Crippen LogP contribution is -2.44. The molecule has 0 unspecified atom stereocenters. The van der Waals surface area contributed by atoms with Crippen LogP contribution >= 0.6 is 0 Å². The second-order valence-electron chi connectivity index (χ2n) is 9.77. The lowest BCUT2D eigenvalue weighted by Gasteiger charge is -2.36. The van der Waals surface area contributed by atoms with Crippen LogP contribution in [0.15, 0.2) is 42.5 Å². The minimum atomic E-state index is -0.0976. The van der Waals surface area contributed by atoms with Gasteiger partial charge in [0, 0.05) is 28.8 Å². The molecule has 1 aliphatic carbocycles. The molecule has 1 aliphatic heterocycles. The van der Waals surface area contributed by atoms with Crippen LogP contribution in [0.2, 0.25) is 0 Å². The lowest BCUT2D eigenvalue weighted by atomic mass is 9.82. The van der Waals surface area contributed by atoms with E-state index in [1.807, 2.05) is 35.0 Å². The average molecular weight is 415 g/mol. The third-order valence-corrected chi connectivity index (χ3v) is 6.69. The predicted molar refractivity (Wildman–Crippen MR) is 124 cm³/mol. The van der Waals surface area contributed by atoms with Crippen molar-refractivity contribution >= 4 is 22.5 Å². The number of aryl methyl sites for hydroxylation is 1. The molecule has 2 aliphatic rings. The zero-order valence-electron chi connectivity index (χ0n) is 18.6. The van der Waals surface area contributed by atoms with Crippen molar-refractivity contribution in [2.24, 2.45) is 5.92 Å². The lowest BCUT2D eigenvalue weighted by molar-refractivity contribution is -0.119. The Bertz CT molecular complexity index is 1180. The molecular weight excluding hydrogens is 384 g/mol. The maximum atomic E-state index is 13.1. The Kier molecular flexibility index (Phi) is 4.92. The molecule has 31 heavy (non-hydrogen) atoms. The Balaban J connectivity index is 1.61. The molecule has 3 aromatic rings. The number of hydrogen-bond donors (Lipinski definition) is 1. The van der Waals surface area contributed by atoms with Gasteiger partial charge in [-0.1, -0.05) is 42.7 Å². The number of nitrogens with one attached hydrogen (secondary N) is 1. The molecule has 2 aromatic carbocycles. The van der Waals surface area contributed by atoms with Gasteiger partial charge in [0.15, 0.2) is 5.78 Å². The molecule has 160 valence electrons. The number of aromatic nitrogens is 3. The van der Waals surface area contributed by atoms with Gasteiger partial charge < -0.3 is 5.32 Å². The molecule has 0 spiro atoms. The van der Waals surface area contributed by atoms with Gasteiger partial charge in [0.1, 0.15) is 5.52 Å².